The maximum absolute atomic E-state index is 10.3. The topological polar surface area (TPSA) is 146 Å². The van der Waals surface area contributed by atoms with Crippen LogP contribution in [0, 0.1) is 30.3 Å². The quantitative estimate of drug-likeness (QED) is 0.275. The fourth-order valence-electron chi connectivity index (χ4n) is 0.740. The molecule has 0 saturated heterocycles. The van der Waals surface area contributed by atoms with E-state index in [-0.39, 0.29) is 0 Å². The van der Waals surface area contributed by atoms with Crippen molar-refractivity contribution in [2.24, 2.45) is 0 Å². The van der Waals surface area contributed by atoms with Gasteiger partial charge in [-0.2, -0.15) is 0 Å². The van der Waals surface area contributed by atoms with Crippen LogP contribution >= 0.6 is 11.6 Å². The molecule has 0 radical (unpaired) electrons. The third-order valence-corrected chi connectivity index (χ3v) is 1.72. The van der Waals surface area contributed by atoms with Gasteiger partial charge in [0.1, 0.15) is 0 Å². The van der Waals surface area contributed by atoms with E-state index < -0.39 is 38.6 Å². The third kappa shape index (κ3) is 2.56. The van der Waals surface area contributed by atoms with Crippen LogP contribution in [0.25, 0.3) is 0 Å². The molecule has 11 heteroatoms. The Morgan fingerprint density at radius 2 is 1.40 bits per heavy atom. The number of nitro groups is 3. The zero-order valence-corrected chi connectivity index (χ0v) is 7.75. The van der Waals surface area contributed by atoms with Gasteiger partial charge in [-0.25, -0.2) is 0 Å². The molecule has 0 aromatic heterocycles. The smallest absolute Gasteiger partial charge is 0.281 e. The summed E-state index contributed by atoms with van der Waals surface area (Å²) in [6, 6.07) is 0. The minimum Gasteiger partial charge on any atom is -0.281 e. The van der Waals surface area contributed by atoms with E-state index in [1.807, 2.05) is 0 Å². The molecule has 0 aromatic carbocycles. The highest BCUT2D eigenvalue weighted by Crippen LogP contribution is 2.19. The predicted octanol–water partition coefficient (Wildman–Crippen LogP) is 0.0159. The van der Waals surface area contributed by atoms with Crippen LogP contribution in [0.4, 0.5) is 0 Å². The van der Waals surface area contributed by atoms with Crippen molar-refractivity contribution in [3.05, 3.63) is 30.3 Å². The molecule has 10 nitrogen and oxygen atoms in total. The largest absolute Gasteiger partial charge is 0.700 e. The van der Waals surface area contributed by atoms with E-state index in [4.69, 9.17) is 11.6 Å². The van der Waals surface area contributed by atoms with Crippen molar-refractivity contribution < 1.29 is 19.6 Å². The molecule has 84 valence electrons. The monoisotopic (exact) mass is 241 g/mol. The zero-order valence-electron chi connectivity index (χ0n) is 6.99. The van der Waals surface area contributed by atoms with Gasteiger partial charge in [-0.1, -0.05) is 0 Å². The van der Waals surface area contributed by atoms with Crippen molar-refractivity contribution in [2.45, 2.75) is 18.6 Å². The maximum Gasteiger partial charge on any atom is 0.700 e. The molecule has 0 heterocycles. The zero-order chi connectivity index (χ0) is 12.2. The molecule has 0 aliphatic heterocycles. The van der Waals surface area contributed by atoms with Crippen LogP contribution in [0.15, 0.2) is 0 Å². The maximum atomic E-state index is 10.3. The molecule has 0 fully saturated rings. The molecule has 0 rings (SSSR count). The Kier molecular flexibility index (Phi) is 4.03. The Labute approximate surface area is 86.3 Å². The lowest BCUT2D eigenvalue weighted by Crippen LogP contribution is -2.53. The van der Waals surface area contributed by atoms with Crippen LogP contribution < -0.4 is 0 Å². The molecule has 0 aromatic rings. The lowest BCUT2D eigenvalue weighted by Gasteiger charge is -2.07. The average molecular weight is 242 g/mol. The summed E-state index contributed by atoms with van der Waals surface area (Å²) >= 11 is 4.79. The number of nitrogens with zero attached hydrogens (tertiary/aromatic N) is 3. The van der Waals surface area contributed by atoms with Gasteiger partial charge in [0, 0.05) is 6.42 Å². The first-order chi connectivity index (χ1) is 6.75. The normalized spacial score (nSPS) is 10.7. The summed E-state index contributed by atoms with van der Waals surface area (Å²) < 4.78 is 0. The first kappa shape index (κ1) is 13.2. The van der Waals surface area contributed by atoms with Crippen LogP contribution in [0.2, 0.25) is 0 Å². The molecule has 0 spiro atoms. The van der Waals surface area contributed by atoms with Crippen LogP contribution in [0.1, 0.15) is 12.8 Å². The minimum atomic E-state index is -3.61. The van der Waals surface area contributed by atoms with Crippen LogP contribution in [0.3, 0.4) is 0 Å². The van der Waals surface area contributed by atoms with Crippen molar-refractivity contribution in [2.75, 3.05) is 0 Å². The van der Waals surface area contributed by atoms with Crippen LogP contribution in [-0.4, -0.2) is 25.8 Å². The molecule has 15 heavy (non-hydrogen) atoms. The lowest BCUT2D eigenvalue weighted by atomic mass is 10.2. The fraction of sp³-hybridized carbons (Fsp3) is 0.750. The predicted molar refractivity (Wildman–Crippen MR) is 43.8 cm³/mol. The number of hydrogen-bond acceptors (Lipinski definition) is 7. The average Bonchev–Trinajstić information content (AvgIpc) is 2.02. The van der Waals surface area contributed by atoms with E-state index in [9.17, 15) is 35.1 Å². The molecular weight excluding hydrogens is 238 g/mol. The summed E-state index contributed by atoms with van der Waals surface area (Å²) in [4.78, 5) is 36.1. The molecule has 0 amide bonds. The fourth-order valence-corrected chi connectivity index (χ4v) is 0.834. The van der Waals surface area contributed by atoms with E-state index >= 15 is 0 Å². The summed E-state index contributed by atoms with van der Waals surface area (Å²) in [5, 5.41) is 29.7. The van der Waals surface area contributed by atoms with Crippen molar-refractivity contribution >= 4 is 16.8 Å². The van der Waals surface area contributed by atoms with Gasteiger partial charge in [-0.3, -0.25) is 35.1 Å². The SMILES string of the molecule is O=C(Cl)CCC([N+](=O)[O-])([N+](=O)[O-])[N+](=O)[O-]. The van der Waals surface area contributed by atoms with Gasteiger partial charge in [-0.05, 0) is 11.6 Å². The Hall–Kier alpha value is -1.84. The Morgan fingerprint density at radius 3 is 1.60 bits per heavy atom. The van der Waals surface area contributed by atoms with E-state index in [0.29, 0.717) is 0 Å². The van der Waals surface area contributed by atoms with Gasteiger partial charge in [0.2, 0.25) is 5.24 Å². The van der Waals surface area contributed by atoms with Crippen LogP contribution in [0.5, 0.6) is 0 Å². The first-order valence-electron chi connectivity index (χ1n) is 3.37. The highest BCUT2D eigenvalue weighted by atomic mass is 35.5. The molecule has 0 unspecified atom stereocenters. The second kappa shape index (κ2) is 4.59. The lowest BCUT2D eigenvalue weighted by molar-refractivity contribution is -0.970. The Bertz CT molecular complexity index is 292. The summed E-state index contributed by atoms with van der Waals surface area (Å²) in [5.74, 6) is -3.61. The van der Waals surface area contributed by atoms with E-state index in [2.05, 4.69) is 0 Å². The van der Waals surface area contributed by atoms with E-state index in [1.165, 1.54) is 0 Å². The number of halogens is 1. The van der Waals surface area contributed by atoms with E-state index in [1.54, 1.807) is 0 Å². The molecule has 0 N–H and O–H groups in total. The van der Waals surface area contributed by atoms with Crippen molar-refractivity contribution in [1.29, 1.82) is 0 Å². The Morgan fingerprint density at radius 1 is 1.07 bits per heavy atom. The number of rotatable bonds is 6. The van der Waals surface area contributed by atoms with Gasteiger partial charge in [0.15, 0.2) is 21.2 Å². The second-order valence-electron chi connectivity index (χ2n) is 2.40. The van der Waals surface area contributed by atoms with Crippen molar-refractivity contribution in [3.8, 4) is 0 Å². The van der Waals surface area contributed by atoms with Crippen molar-refractivity contribution in [1.82, 2.24) is 0 Å². The molecule has 0 aliphatic carbocycles. The van der Waals surface area contributed by atoms with Gasteiger partial charge in [0.25, 0.3) is 0 Å². The summed E-state index contributed by atoms with van der Waals surface area (Å²) in [6.07, 6.45) is -2.02. The van der Waals surface area contributed by atoms with Gasteiger partial charge in [0.05, 0.1) is 0 Å². The summed E-state index contributed by atoms with van der Waals surface area (Å²) in [6.45, 7) is 0. The van der Waals surface area contributed by atoms with Gasteiger partial charge in [-0.15, -0.1) is 0 Å². The molecule has 0 atom stereocenters. The summed E-state index contributed by atoms with van der Waals surface area (Å²) in [7, 11) is 0. The standard InChI is InChI=1S/C4H4ClN3O7/c5-3(9)1-2-4(6(10)11,7(12)13)8(14)15/h1-2H2. The Balaban J connectivity index is 5.15. The van der Waals surface area contributed by atoms with Crippen molar-refractivity contribution in [3.63, 3.8) is 0 Å². The molecule has 0 saturated carbocycles. The number of carbonyl (C=O) groups excluding carboxylic acids is 1. The molecule has 0 aliphatic rings. The molecular formula is C4H4ClN3O7. The summed E-state index contributed by atoms with van der Waals surface area (Å²) in [5.41, 5.74) is 0. The van der Waals surface area contributed by atoms with E-state index in [0.717, 1.165) is 0 Å². The van der Waals surface area contributed by atoms with Crippen LogP contribution in [-0.2, 0) is 4.79 Å². The highest BCUT2D eigenvalue weighted by Gasteiger charge is 2.69. The first-order valence-corrected chi connectivity index (χ1v) is 3.74. The molecule has 0 bridgehead atoms. The second-order valence-corrected chi connectivity index (χ2v) is 2.82. The minimum absolute atomic E-state index is 0.829. The number of hydrogen-bond donors (Lipinski definition) is 0. The van der Waals surface area contributed by atoms with Gasteiger partial charge < -0.3 is 0 Å². The third-order valence-electron chi connectivity index (χ3n) is 1.53. The highest BCUT2D eigenvalue weighted by molar-refractivity contribution is 6.63. The van der Waals surface area contributed by atoms with Gasteiger partial charge >= 0.3 is 5.79 Å². The number of carbonyl (C=O) groups is 1.